The highest BCUT2D eigenvalue weighted by Crippen LogP contribution is 2.30. The molecule has 0 radical (unpaired) electrons. The quantitative estimate of drug-likeness (QED) is 0.427. The first-order chi connectivity index (χ1) is 15.1. The number of methoxy groups -OCH3 is 2. The summed E-state index contributed by atoms with van der Waals surface area (Å²) in [5.74, 6) is 1.17. The largest absolute Gasteiger partial charge is 0.494 e. The van der Waals surface area contributed by atoms with Gasteiger partial charge in [0.2, 0.25) is 5.95 Å². The molecule has 1 N–H and O–H groups in total. The van der Waals surface area contributed by atoms with E-state index in [1.54, 1.807) is 31.8 Å². The third-order valence-electron chi connectivity index (χ3n) is 4.13. The molecule has 0 aliphatic rings. The third kappa shape index (κ3) is 4.64. The SMILES string of the molecule is COc1nc(Nc2ccc(-n3cnc(C)c3)c(OC)c2)nc(Oc2cccnc2Cl)n1. The van der Waals surface area contributed by atoms with Crippen molar-refractivity contribution < 1.29 is 14.2 Å². The lowest BCUT2D eigenvalue weighted by atomic mass is 10.2. The minimum atomic E-state index is 0.00160. The molecular formula is C20H18ClN7O3. The summed E-state index contributed by atoms with van der Waals surface area (Å²) in [6.45, 7) is 1.92. The van der Waals surface area contributed by atoms with Gasteiger partial charge < -0.3 is 24.1 Å². The molecule has 3 aromatic heterocycles. The maximum absolute atomic E-state index is 6.04. The van der Waals surface area contributed by atoms with Gasteiger partial charge in [-0.2, -0.15) is 9.97 Å². The second-order valence-corrected chi connectivity index (χ2v) is 6.61. The molecule has 0 fully saturated rings. The van der Waals surface area contributed by atoms with E-state index in [0.29, 0.717) is 17.2 Å². The first-order valence-corrected chi connectivity index (χ1v) is 9.48. The van der Waals surface area contributed by atoms with Crippen LogP contribution in [0.25, 0.3) is 5.69 Å². The van der Waals surface area contributed by atoms with Crippen LogP contribution in [0.3, 0.4) is 0 Å². The topological polar surface area (TPSA) is 109 Å². The van der Waals surface area contributed by atoms with Gasteiger partial charge in [0.15, 0.2) is 10.9 Å². The Bertz CT molecular complexity index is 1220. The van der Waals surface area contributed by atoms with Gasteiger partial charge in [0.25, 0.3) is 0 Å². The Morgan fingerprint density at radius 3 is 2.52 bits per heavy atom. The summed E-state index contributed by atoms with van der Waals surface area (Å²) in [6, 6.07) is 9.00. The number of aromatic nitrogens is 6. The summed E-state index contributed by atoms with van der Waals surface area (Å²) in [5, 5.41) is 3.29. The van der Waals surface area contributed by atoms with E-state index < -0.39 is 0 Å². The van der Waals surface area contributed by atoms with Crippen LogP contribution in [0, 0.1) is 6.92 Å². The van der Waals surface area contributed by atoms with Gasteiger partial charge in [-0.1, -0.05) is 11.6 Å². The number of hydrogen-bond acceptors (Lipinski definition) is 9. The van der Waals surface area contributed by atoms with Gasteiger partial charge in [-0.05, 0) is 31.2 Å². The van der Waals surface area contributed by atoms with Crippen molar-refractivity contribution >= 4 is 23.2 Å². The van der Waals surface area contributed by atoms with Crippen molar-refractivity contribution in [3.63, 3.8) is 0 Å². The lowest BCUT2D eigenvalue weighted by Crippen LogP contribution is -2.04. The van der Waals surface area contributed by atoms with Gasteiger partial charge in [-0.3, -0.25) is 0 Å². The number of ether oxygens (including phenoxy) is 3. The summed E-state index contributed by atoms with van der Waals surface area (Å²) in [6.07, 6.45) is 5.19. The van der Waals surface area contributed by atoms with Gasteiger partial charge >= 0.3 is 12.0 Å². The fraction of sp³-hybridized carbons (Fsp3) is 0.150. The predicted octanol–water partition coefficient (Wildman–Crippen LogP) is 3.97. The third-order valence-corrected chi connectivity index (χ3v) is 4.41. The van der Waals surface area contributed by atoms with Gasteiger partial charge in [0.05, 0.1) is 31.9 Å². The fourth-order valence-corrected chi connectivity index (χ4v) is 2.89. The van der Waals surface area contributed by atoms with E-state index in [2.05, 4.69) is 30.2 Å². The number of halogens is 1. The van der Waals surface area contributed by atoms with E-state index in [1.165, 1.54) is 7.11 Å². The average Bonchev–Trinajstić information content (AvgIpc) is 3.21. The average molecular weight is 440 g/mol. The maximum atomic E-state index is 6.04. The standard InChI is InChI=1S/C20H18ClN7O3/c1-12-10-28(11-23-12)14-7-6-13(9-16(14)29-2)24-18-25-19(30-3)27-20(26-18)31-15-5-4-8-22-17(15)21/h4-11H,1-3H3,(H,24,25,26,27). The summed E-state index contributed by atoms with van der Waals surface area (Å²) in [4.78, 5) is 20.8. The molecule has 0 atom stereocenters. The molecule has 0 bridgehead atoms. The summed E-state index contributed by atoms with van der Waals surface area (Å²) in [7, 11) is 3.05. The summed E-state index contributed by atoms with van der Waals surface area (Å²) >= 11 is 6.04. The maximum Gasteiger partial charge on any atom is 0.330 e. The zero-order valence-corrected chi connectivity index (χ0v) is 17.7. The molecule has 0 saturated heterocycles. The highest BCUT2D eigenvalue weighted by Gasteiger charge is 2.13. The second kappa shape index (κ2) is 8.84. The molecule has 0 saturated carbocycles. The Balaban J connectivity index is 1.62. The Morgan fingerprint density at radius 2 is 1.81 bits per heavy atom. The molecule has 11 heteroatoms. The van der Waals surface area contributed by atoms with Gasteiger partial charge in [-0.15, -0.1) is 4.98 Å². The van der Waals surface area contributed by atoms with Crippen LogP contribution in [0.4, 0.5) is 11.6 Å². The molecule has 4 rings (SSSR count). The van der Waals surface area contributed by atoms with Crippen LogP contribution in [0.15, 0.2) is 49.1 Å². The van der Waals surface area contributed by atoms with Crippen LogP contribution in [0.5, 0.6) is 23.5 Å². The van der Waals surface area contributed by atoms with E-state index in [9.17, 15) is 0 Å². The van der Waals surface area contributed by atoms with Crippen LogP contribution in [-0.4, -0.2) is 43.7 Å². The van der Waals surface area contributed by atoms with Crippen molar-refractivity contribution in [3.8, 4) is 29.2 Å². The zero-order valence-electron chi connectivity index (χ0n) is 16.9. The molecule has 0 amide bonds. The smallest absolute Gasteiger partial charge is 0.330 e. The molecule has 0 aliphatic heterocycles. The van der Waals surface area contributed by atoms with E-state index in [4.69, 9.17) is 25.8 Å². The zero-order chi connectivity index (χ0) is 21.8. The van der Waals surface area contributed by atoms with E-state index in [-0.39, 0.29) is 23.1 Å². The Hall–Kier alpha value is -3.92. The van der Waals surface area contributed by atoms with Crippen LogP contribution in [0.1, 0.15) is 5.69 Å². The van der Waals surface area contributed by atoms with Crippen molar-refractivity contribution in [1.29, 1.82) is 0 Å². The van der Waals surface area contributed by atoms with Crippen molar-refractivity contribution in [2.45, 2.75) is 6.92 Å². The Morgan fingerprint density at radius 1 is 0.968 bits per heavy atom. The number of benzene rings is 1. The number of imidazole rings is 1. The number of aryl methyl sites for hydroxylation is 1. The van der Waals surface area contributed by atoms with Gasteiger partial charge in [-0.25, -0.2) is 9.97 Å². The minimum Gasteiger partial charge on any atom is -0.494 e. The predicted molar refractivity (Wildman–Crippen MR) is 114 cm³/mol. The molecule has 1 aromatic carbocycles. The molecule has 158 valence electrons. The summed E-state index contributed by atoms with van der Waals surface area (Å²) in [5.41, 5.74) is 2.44. The Kier molecular flexibility index (Phi) is 5.80. The number of nitrogens with one attached hydrogen (secondary N) is 1. The minimum absolute atomic E-state index is 0.00160. The number of hydrogen-bond donors (Lipinski definition) is 1. The molecule has 0 aliphatic carbocycles. The van der Waals surface area contributed by atoms with E-state index >= 15 is 0 Å². The number of rotatable bonds is 7. The van der Waals surface area contributed by atoms with Crippen molar-refractivity contribution in [3.05, 3.63) is 59.9 Å². The lowest BCUT2D eigenvalue weighted by Gasteiger charge is -2.13. The highest BCUT2D eigenvalue weighted by molar-refractivity contribution is 6.30. The molecular weight excluding hydrogens is 422 g/mol. The Labute approximate surface area is 182 Å². The van der Waals surface area contributed by atoms with Crippen molar-refractivity contribution in [1.82, 2.24) is 29.5 Å². The molecule has 31 heavy (non-hydrogen) atoms. The normalized spacial score (nSPS) is 10.6. The highest BCUT2D eigenvalue weighted by atomic mass is 35.5. The van der Waals surface area contributed by atoms with E-state index in [1.807, 2.05) is 35.9 Å². The number of pyridine rings is 1. The van der Waals surface area contributed by atoms with Crippen LogP contribution in [-0.2, 0) is 0 Å². The molecule has 0 unspecified atom stereocenters. The first-order valence-electron chi connectivity index (χ1n) is 9.10. The van der Waals surface area contributed by atoms with Crippen molar-refractivity contribution in [2.75, 3.05) is 19.5 Å². The van der Waals surface area contributed by atoms with Crippen LogP contribution >= 0.6 is 11.6 Å². The monoisotopic (exact) mass is 439 g/mol. The molecule has 4 aromatic rings. The van der Waals surface area contributed by atoms with Crippen molar-refractivity contribution in [2.24, 2.45) is 0 Å². The number of anilines is 2. The van der Waals surface area contributed by atoms with Gasteiger partial charge in [0.1, 0.15) is 5.75 Å². The number of nitrogens with zero attached hydrogens (tertiary/aromatic N) is 6. The summed E-state index contributed by atoms with van der Waals surface area (Å²) < 4.78 is 18.2. The molecule has 10 nitrogen and oxygen atoms in total. The lowest BCUT2D eigenvalue weighted by molar-refractivity contribution is 0.360. The van der Waals surface area contributed by atoms with Crippen LogP contribution < -0.4 is 19.5 Å². The molecule has 3 heterocycles. The van der Waals surface area contributed by atoms with Crippen LogP contribution in [0.2, 0.25) is 5.15 Å². The van der Waals surface area contributed by atoms with E-state index in [0.717, 1.165) is 11.4 Å². The second-order valence-electron chi connectivity index (χ2n) is 6.26. The molecule has 0 spiro atoms. The van der Waals surface area contributed by atoms with Gasteiger partial charge in [0, 0.05) is 24.1 Å². The fourth-order valence-electron chi connectivity index (χ4n) is 2.73. The first kappa shape index (κ1) is 20.4.